The predicted octanol–water partition coefficient (Wildman–Crippen LogP) is 3.59. The molecule has 0 bridgehead atoms. The van der Waals surface area contributed by atoms with Crippen molar-refractivity contribution in [1.29, 1.82) is 0 Å². The van der Waals surface area contributed by atoms with Crippen LogP contribution in [0.15, 0.2) is 12.1 Å². The first-order chi connectivity index (χ1) is 7.66. The van der Waals surface area contributed by atoms with Crippen molar-refractivity contribution in [1.82, 2.24) is 5.32 Å². The summed E-state index contributed by atoms with van der Waals surface area (Å²) in [5.74, 6) is 0.934. The van der Waals surface area contributed by atoms with Crippen molar-refractivity contribution in [2.75, 3.05) is 6.54 Å². The summed E-state index contributed by atoms with van der Waals surface area (Å²) in [7, 11) is 0. The molecule has 4 heteroatoms. The molecule has 16 heavy (non-hydrogen) atoms. The zero-order valence-electron chi connectivity index (χ0n) is 8.97. The molecule has 1 aromatic rings. The maximum absolute atomic E-state index is 9.73. The number of hydrogen-bond acceptors (Lipinski definition) is 2. The van der Waals surface area contributed by atoms with Gasteiger partial charge in [0.15, 0.2) is 0 Å². The monoisotopic (exact) mass is 259 g/mol. The van der Waals surface area contributed by atoms with Crippen LogP contribution in [0.5, 0.6) is 5.75 Å². The van der Waals surface area contributed by atoms with Crippen molar-refractivity contribution in [3.63, 3.8) is 0 Å². The summed E-state index contributed by atoms with van der Waals surface area (Å²) < 4.78 is 0. The second-order valence-corrected chi connectivity index (χ2v) is 5.17. The van der Waals surface area contributed by atoms with Crippen LogP contribution in [0.1, 0.15) is 24.8 Å². The molecule has 0 aliphatic heterocycles. The zero-order chi connectivity index (χ0) is 11.5. The third-order valence-corrected chi connectivity index (χ3v) is 3.59. The molecule has 0 heterocycles. The second-order valence-electron chi connectivity index (χ2n) is 4.32. The molecule has 0 saturated heterocycles. The molecule has 1 aliphatic carbocycles. The molecule has 0 atom stereocenters. The minimum Gasteiger partial charge on any atom is -0.506 e. The maximum atomic E-state index is 9.73. The predicted molar refractivity (Wildman–Crippen MR) is 67.2 cm³/mol. The Kier molecular flexibility index (Phi) is 3.95. The number of phenolic OH excluding ortho intramolecular Hbond substituents is 1. The van der Waals surface area contributed by atoms with Gasteiger partial charge in [-0.25, -0.2) is 0 Å². The van der Waals surface area contributed by atoms with Crippen LogP contribution < -0.4 is 5.32 Å². The van der Waals surface area contributed by atoms with Gasteiger partial charge in [0, 0.05) is 17.1 Å². The van der Waals surface area contributed by atoms with E-state index in [0.717, 1.165) is 18.0 Å². The van der Waals surface area contributed by atoms with Gasteiger partial charge < -0.3 is 10.4 Å². The van der Waals surface area contributed by atoms with Gasteiger partial charge in [-0.05, 0) is 37.4 Å². The number of halogens is 2. The number of aromatic hydroxyl groups is 1. The Balaban J connectivity index is 1.92. The molecular weight excluding hydrogens is 245 g/mol. The Labute approximate surface area is 106 Å². The summed E-state index contributed by atoms with van der Waals surface area (Å²) in [6.45, 7) is 1.62. The van der Waals surface area contributed by atoms with Crippen LogP contribution in [0.4, 0.5) is 0 Å². The van der Waals surface area contributed by atoms with Crippen molar-refractivity contribution >= 4 is 23.2 Å². The molecular formula is C12H15Cl2NO. The molecule has 0 aromatic heterocycles. The van der Waals surface area contributed by atoms with Crippen molar-refractivity contribution in [3.05, 3.63) is 27.7 Å². The standard InChI is InChI=1S/C12H15Cl2NO/c13-10-4-9(12(16)11(14)5-10)7-15-6-8-2-1-3-8/h4-5,8,15-16H,1-3,6-7H2. The summed E-state index contributed by atoms with van der Waals surface area (Å²) in [4.78, 5) is 0. The van der Waals surface area contributed by atoms with E-state index < -0.39 is 0 Å². The minimum atomic E-state index is 0.132. The number of benzene rings is 1. The van der Waals surface area contributed by atoms with Crippen LogP contribution in [-0.4, -0.2) is 11.7 Å². The third-order valence-electron chi connectivity index (χ3n) is 3.08. The lowest BCUT2D eigenvalue weighted by Crippen LogP contribution is -2.26. The maximum Gasteiger partial charge on any atom is 0.138 e. The first kappa shape index (κ1) is 12.0. The Bertz CT molecular complexity index is 378. The first-order valence-electron chi connectivity index (χ1n) is 5.54. The summed E-state index contributed by atoms with van der Waals surface area (Å²) in [5.41, 5.74) is 0.761. The van der Waals surface area contributed by atoms with Gasteiger partial charge in [-0.15, -0.1) is 0 Å². The summed E-state index contributed by atoms with van der Waals surface area (Å²) in [6.07, 6.45) is 3.98. The largest absolute Gasteiger partial charge is 0.506 e. The van der Waals surface area contributed by atoms with Gasteiger partial charge in [0.25, 0.3) is 0 Å². The minimum absolute atomic E-state index is 0.132. The average Bonchev–Trinajstić information content (AvgIpc) is 2.16. The van der Waals surface area contributed by atoms with Gasteiger partial charge in [0.05, 0.1) is 5.02 Å². The normalized spacial score (nSPS) is 16.1. The fourth-order valence-corrected chi connectivity index (χ4v) is 2.40. The van der Waals surface area contributed by atoms with E-state index in [9.17, 15) is 5.11 Å². The van der Waals surface area contributed by atoms with Gasteiger partial charge in [0.2, 0.25) is 0 Å². The van der Waals surface area contributed by atoms with Crippen LogP contribution in [0.25, 0.3) is 0 Å². The van der Waals surface area contributed by atoms with Crippen molar-refractivity contribution in [3.8, 4) is 5.75 Å². The highest BCUT2D eigenvalue weighted by molar-refractivity contribution is 6.35. The number of hydrogen-bond donors (Lipinski definition) is 2. The zero-order valence-corrected chi connectivity index (χ0v) is 10.5. The highest BCUT2D eigenvalue weighted by atomic mass is 35.5. The van der Waals surface area contributed by atoms with E-state index in [-0.39, 0.29) is 5.75 Å². The topological polar surface area (TPSA) is 32.3 Å². The van der Waals surface area contributed by atoms with Gasteiger partial charge >= 0.3 is 0 Å². The molecule has 2 nitrogen and oxygen atoms in total. The highest BCUT2D eigenvalue weighted by Crippen LogP contribution is 2.31. The lowest BCUT2D eigenvalue weighted by atomic mass is 9.85. The van der Waals surface area contributed by atoms with Crippen molar-refractivity contribution in [2.24, 2.45) is 5.92 Å². The molecule has 2 rings (SSSR count). The van der Waals surface area contributed by atoms with Crippen molar-refractivity contribution in [2.45, 2.75) is 25.8 Å². The van der Waals surface area contributed by atoms with Crippen LogP contribution in [0.2, 0.25) is 10.0 Å². The van der Waals surface area contributed by atoms with E-state index in [2.05, 4.69) is 5.32 Å². The quantitative estimate of drug-likeness (QED) is 0.867. The molecule has 88 valence electrons. The fraction of sp³-hybridized carbons (Fsp3) is 0.500. The Morgan fingerprint density at radius 2 is 2.06 bits per heavy atom. The second kappa shape index (κ2) is 5.26. The summed E-state index contributed by atoms with van der Waals surface area (Å²) in [6, 6.07) is 3.30. The van der Waals surface area contributed by atoms with Gasteiger partial charge in [0.1, 0.15) is 5.75 Å². The summed E-state index contributed by atoms with van der Waals surface area (Å²) >= 11 is 11.7. The number of nitrogens with one attached hydrogen (secondary N) is 1. The Hall–Kier alpha value is -0.440. The molecule has 1 aromatic carbocycles. The van der Waals surface area contributed by atoms with Crippen LogP contribution in [0.3, 0.4) is 0 Å². The first-order valence-corrected chi connectivity index (χ1v) is 6.30. The smallest absolute Gasteiger partial charge is 0.138 e. The molecule has 1 saturated carbocycles. The van der Waals surface area contributed by atoms with E-state index in [1.165, 1.54) is 19.3 Å². The van der Waals surface area contributed by atoms with E-state index >= 15 is 0 Å². The number of phenols is 1. The lowest BCUT2D eigenvalue weighted by molar-refractivity contribution is 0.300. The van der Waals surface area contributed by atoms with Crippen LogP contribution >= 0.6 is 23.2 Å². The fourth-order valence-electron chi connectivity index (χ4n) is 1.86. The Morgan fingerprint density at radius 3 is 2.69 bits per heavy atom. The molecule has 0 amide bonds. The Morgan fingerprint density at radius 1 is 1.31 bits per heavy atom. The third kappa shape index (κ3) is 2.82. The van der Waals surface area contributed by atoms with Crippen LogP contribution in [0, 0.1) is 5.92 Å². The molecule has 1 aliphatic rings. The van der Waals surface area contributed by atoms with Gasteiger partial charge in [-0.3, -0.25) is 0 Å². The number of rotatable bonds is 4. The summed E-state index contributed by atoms with van der Waals surface area (Å²) in [5, 5.41) is 13.9. The molecule has 0 unspecified atom stereocenters. The van der Waals surface area contributed by atoms with Crippen LogP contribution in [-0.2, 0) is 6.54 Å². The van der Waals surface area contributed by atoms with E-state index in [4.69, 9.17) is 23.2 Å². The highest BCUT2D eigenvalue weighted by Gasteiger charge is 2.16. The van der Waals surface area contributed by atoms with Gasteiger partial charge in [-0.1, -0.05) is 29.6 Å². The van der Waals surface area contributed by atoms with Crippen molar-refractivity contribution < 1.29 is 5.11 Å². The van der Waals surface area contributed by atoms with Gasteiger partial charge in [-0.2, -0.15) is 0 Å². The van der Waals surface area contributed by atoms with E-state index in [1.807, 2.05) is 0 Å². The van der Waals surface area contributed by atoms with E-state index in [1.54, 1.807) is 12.1 Å². The lowest BCUT2D eigenvalue weighted by Gasteiger charge is -2.25. The molecule has 2 N–H and O–H groups in total. The van der Waals surface area contributed by atoms with E-state index in [0.29, 0.717) is 16.6 Å². The SMILES string of the molecule is Oc1c(Cl)cc(Cl)cc1CNCC1CCC1. The molecule has 1 fully saturated rings. The molecule has 0 spiro atoms. The average molecular weight is 260 g/mol. The molecule has 0 radical (unpaired) electrons.